The SMILES string of the molecule is Cc1nc(-c2ccco2)ccc1C(=O)N1CCNC[C@@H]1C. The van der Waals surface area contributed by atoms with Crippen molar-refractivity contribution in [2.75, 3.05) is 19.6 Å². The van der Waals surface area contributed by atoms with Gasteiger partial charge in [-0.3, -0.25) is 4.79 Å². The van der Waals surface area contributed by atoms with Crippen LogP contribution in [0.3, 0.4) is 0 Å². The number of rotatable bonds is 2. The summed E-state index contributed by atoms with van der Waals surface area (Å²) in [6.07, 6.45) is 1.62. The van der Waals surface area contributed by atoms with Crippen LogP contribution < -0.4 is 5.32 Å². The average molecular weight is 285 g/mol. The minimum atomic E-state index is 0.0556. The zero-order valence-corrected chi connectivity index (χ0v) is 12.3. The van der Waals surface area contributed by atoms with Gasteiger partial charge >= 0.3 is 0 Å². The Morgan fingerprint density at radius 2 is 2.29 bits per heavy atom. The quantitative estimate of drug-likeness (QED) is 0.918. The van der Waals surface area contributed by atoms with Gasteiger partial charge in [0.1, 0.15) is 5.69 Å². The largest absolute Gasteiger partial charge is 0.463 e. The lowest BCUT2D eigenvalue weighted by Gasteiger charge is -2.34. The van der Waals surface area contributed by atoms with E-state index in [1.165, 1.54) is 0 Å². The van der Waals surface area contributed by atoms with Crippen LogP contribution in [0, 0.1) is 6.92 Å². The third kappa shape index (κ3) is 2.69. The number of furan rings is 1. The van der Waals surface area contributed by atoms with Crippen LogP contribution in [0.5, 0.6) is 0 Å². The van der Waals surface area contributed by atoms with Crippen LogP contribution in [-0.4, -0.2) is 41.5 Å². The van der Waals surface area contributed by atoms with Crippen LogP contribution in [-0.2, 0) is 0 Å². The molecule has 1 atom stereocenters. The highest BCUT2D eigenvalue weighted by Gasteiger charge is 2.25. The molecule has 110 valence electrons. The minimum absolute atomic E-state index is 0.0556. The van der Waals surface area contributed by atoms with Crippen molar-refractivity contribution in [1.29, 1.82) is 0 Å². The molecule has 1 saturated heterocycles. The van der Waals surface area contributed by atoms with Crippen LogP contribution in [0.1, 0.15) is 23.0 Å². The van der Waals surface area contributed by atoms with Crippen molar-refractivity contribution in [3.8, 4) is 11.5 Å². The van der Waals surface area contributed by atoms with Crippen molar-refractivity contribution in [1.82, 2.24) is 15.2 Å². The highest BCUT2D eigenvalue weighted by atomic mass is 16.3. The topological polar surface area (TPSA) is 58.4 Å². The van der Waals surface area contributed by atoms with Gasteiger partial charge in [-0.25, -0.2) is 4.98 Å². The van der Waals surface area contributed by atoms with Gasteiger partial charge in [-0.1, -0.05) is 0 Å². The number of hydrogen-bond donors (Lipinski definition) is 1. The Morgan fingerprint density at radius 1 is 1.43 bits per heavy atom. The average Bonchev–Trinajstić information content (AvgIpc) is 3.01. The summed E-state index contributed by atoms with van der Waals surface area (Å²) < 4.78 is 5.34. The summed E-state index contributed by atoms with van der Waals surface area (Å²) in [6, 6.07) is 7.58. The number of hydrogen-bond acceptors (Lipinski definition) is 4. The number of aryl methyl sites for hydroxylation is 1. The molecule has 3 heterocycles. The van der Waals surface area contributed by atoms with E-state index in [2.05, 4.69) is 17.2 Å². The highest BCUT2D eigenvalue weighted by Crippen LogP contribution is 2.20. The molecule has 0 saturated carbocycles. The molecule has 5 heteroatoms. The number of carbonyl (C=O) groups is 1. The molecular weight excluding hydrogens is 266 g/mol. The lowest BCUT2D eigenvalue weighted by Crippen LogP contribution is -2.52. The lowest BCUT2D eigenvalue weighted by atomic mass is 10.1. The summed E-state index contributed by atoms with van der Waals surface area (Å²) in [5.74, 6) is 0.771. The van der Waals surface area contributed by atoms with Crippen molar-refractivity contribution in [2.24, 2.45) is 0 Å². The van der Waals surface area contributed by atoms with E-state index in [1.807, 2.05) is 36.1 Å². The van der Waals surface area contributed by atoms with E-state index in [9.17, 15) is 4.79 Å². The van der Waals surface area contributed by atoms with E-state index in [1.54, 1.807) is 6.26 Å². The van der Waals surface area contributed by atoms with Crippen molar-refractivity contribution < 1.29 is 9.21 Å². The van der Waals surface area contributed by atoms with E-state index in [4.69, 9.17) is 4.42 Å². The van der Waals surface area contributed by atoms with Gasteiger partial charge in [-0.05, 0) is 38.1 Å². The number of carbonyl (C=O) groups excluding carboxylic acids is 1. The summed E-state index contributed by atoms with van der Waals surface area (Å²) in [7, 11) is 0. The number of piperazine rings is 1. The maximum Gasteiger partial charge on any atom is 0.256 e. The van der Waals surface area contributed by atoms with E-state index in [0.29, 0.717) is 11.3 Å². The maximum absolute atomic E-state index is 12.7. The van der Waals surface area contributed by atoms with Gasteiger partial charge in [0.25, 0.3) is 5.91 Å². The van der Waals surface area contributed by atoms with Crippen molar-refractivity contribution in [3.63, 3.8) is 0 Å². The molecule has 0 aliphatic carbocycles. The molecule has 2 aromatic rings. The minimum Gasteiger partial charge on any atom is -0.463 e. The second-order valence-electron chi connectivity index (χ2n) is 5.36. The Morgan fingerprint density at radius 3 is 2.95 bits per heavy atom. The molecule has 1 aliphatic heterocycles. The van der Waals surface area contributed by atoms with E-state index >= 15 is 0 Å². The second kappa shape index (κ2) is 5.69. The summed E-state index contributed by atoms with van der Waals surface area (Å²) in [6.45, 7) is 6.34. The first kappa shape index (κ1) is 13.8. The molecule has 1 amide bonds. The van der Waals surface area contributed by atoms with Crippen molar-refractivity contribution >= 4 is 5.91 Å². The van der Waals surface area contributed by atoms with Gasteiger partial charge in [0.05, 0.1) is 17.5 Å². The predicted octanol–water partition coefficient (Wildman–Crippen LogP) is 2.08. The van der Waals surface area contributed by atoms with Crippen LogP contribution in [0.15, 0.2) is 34.9 Å². The second-order valence-corrected chi connectivity index (χ2v) is 5.36. The number of aromatic nitrogens is 1. The van der Waals surface area contributed by atoms with E-state index in [-0.39, 0.29) is 11.9 Å². The third-order valence-electron chi connectivity index (χ3n) is 3.85. The zero-order chi connectivity index (χ0) is 14.8. The van der Waals surface area contributed by atoms with Crippen LogP contribution >= 0.6 is 0 Å². The Hall–Kier alpha value is -2.14. The van der Waals surface area contributed by atoms with Crippen LogP contribution in [0.4, 0.5) is 0 Å². The molecule has 0 bridgehead atoms. The number of pyridine rings is 1. The third-order valence-corrected chi connectivity index (χ3v) is 3.85. The first-order valence-corrected chi connectivity index (χ1v) is 7.20. The van der Waals surface area contributed by atoms with Crippen molar-refractivity contribution in [2.45, 2.75) is 19.9 Å². The molecule has 0 unspecified atom stereocenters. The molecule has 1 fully saturated rings. The molecule has 1 aliphatic rings. The molecule has 5 nitrogen and oxygen atoms in total. The molecule has 3 rings (SSSR count). The predicted molar refractivity (Wildman–Crippen MR) is 80.0 cm³/mol. The molecule has 1 N–H and O–H groups in total. The summed E-state index contributed by atoms with van der Waals surface area (Å²) in [5, 5.41) is 3.29. The monoisotopic (exact) mass is 285 g/mol. The maximum atomic E-state index is 12.7. The normalized spacial score (nSPS) is 18.8. The summed E-state index contributed by atoms with van der Waals surface area (Å²) >= 11 is 0. The first-order chi connectivity index (χ1) is 10.2. The Labute approximate surface area is 124 Å². The van der Waals surface area contributed by atoms with E-state index < -0.39 is 0 Å². The van der Waals surface area contributed by atoms with Crippen molar-refractivity contribution in [3.05, 3.63) is 41.8 Å². The molecule has 21 heavy (non-hydrogen) atoms. The highest BCUT2D eigenvalue weighted by molar-refractivity contribution is 5.95. The van der Waals surface area contributed by atoms with Gasteiger partial charge in [-0.2, -0.15) is 0 Å². The number of amides is 1. The molecule has 0 aromatic carbocycles. The first-order valence-electron chi connectivity index (χ1n) is 7.20. The van der Waals surface area contributed by atoms with Crippen LogP contribution in [0.2, 0.25) is 0 Å². The zero-order valence-electron chi connectivity index (χ0n) is 12.3. The Bertz CT molecular complexity index is 637. The fourth-order valence-corrected chi connectivity index (χ4v) is 2.65. The fourth-order valence-electron chi connectivity index (χ4n) is 2.65. The molecular formula is C16H19N3O2. The lowest BCUT2D eigenvalue weighted by molar-refractivity contribution is 0.0654. The van der Waals surface area contributed by atoms with Gasteiger partial charge in [0.15, 0.2) is 5.76 Å². The standard InChI is InChI=1S/C16H19N3O2/c1-11-10-17-7-8-19(11)16(20)13-5-6-14(18-12(13)2)15-4-3-9-21-15/h3-6,9,11,17H,7-8,10H2,1-2H3/t11-/m0/s1. The van der Waals surface area contributed by atoms with E-state index in [0.717, 1.165) is 31.0 Å². The van der Waals surface area contributed by atoms with Gasteiger partial charge in [-0.15, -0.1) is 0 Å². The fraction of sp³-hybridized carbons (Fsp3) is 0.375. The van der Waals surface area contributed by atoms with Crippen LogP contribution in [0.25, 0.3) is 11.5 Å². The summed E-state index contributed by atoms with van der Waals surface area (Å²) in [5.41, 5.74) is 2.15. The van der Waals surface area contributed by atoms with Gasteiger partial charge in [0.2, 0.25) is 0 Å². The number of nitrogens with one attached hydrogen (secondary N) is 1. The number of nitrogens with zero attached hydrogens (tertiary/aromatic N) is 2. The van der Waals surface area contributed by atoms with Gasteiger partial charge in [0, 0.05) is 25.7 Å². The smallest absolute Gasteiger partial charge is 0.256 e. The Balaban J connectivity index is 1.87. The van der Waals surface area contributed by atoms with Gasteiger partial charge < -0.3 is 14.6 Å². The molecule has 0 radical (unpaired) electrons. The molecule has 2 aromatic heterocycles. The summed E-state index contributed by atoms with van der Waals surface area (Å²) in [4.78, 5) is 19.1. The Kier molecular flexibility index (Phi) is 3.75. The molecule has 0 spiro atoms.